The molecule has 1 aliphatic carbocycles. The molecule has 0 amide bonds. The zero-order chi connectivity index (χ0) is 94.4. The molecule has 0 saturated heterocycles. The Kier molecular flexibility index (Phi) is 101. The minimum atomic E-state index is -0.283. The van der Waals surface area contributed by atoms with Crippen molar-refractivity contribution in [2.75, 3.05) is 112 Å². The lowest BCUT2D eigenvalue weighted by Gasteiger charge is -2.27. The maximum atomic E-state index is 11.3. The molecular weight excluding hydrogens is 1640 g/mol. The van der Waals surface area contributed by atoms with Gasteiger partial charge in [0.2, 0.25) is 0 Å². The number of unbranched alkanes of at least 4 members (excludes halogenated alkanes) is 4. The fourth-order valence-corrected chi connectivity index (χ4v) is 10.1. The lowest BCUT2D eigenvalue weighted by molar-refractivity contribution is -0.151. The quantitative estimate of drug-likeness (QED) is 0.0253. The Morgan fingerprint density at radius 2 is 0.452 bits per heavy atom. The van der Waals surface area contributed by atoms with Crippen LogP contribution in [0, 0.1) is 11.8 Å². The van der Waals surface area contributed by atoms with Crippen molar-refractivity contribution in [2.45, 2.75) is 368 Å². The maximum absolute atomic E-state index is 11.3. The van der Waals surface area contributed by atoms with Gasteiger partial charge in [-0.1, -0.05) is 110 Å². The van der Waals surface area contributed by atoms with Crippen molar-refractivity contribution in [3.63, 3.8) is 0 Å². The van der Waals surface area contributed by atoms with Crippen LogP contribution in [-0.2, 0) is 138 Å². The highest BCUT2D eigenvalue weighted by Gasteiger charge is 2.24. The Morgan fingerprint density at radius 3 is 0.698 bits per heavy atom. The van der Waals surface area contributed by atoms with Crippen LogP contribution in [0.5, 0.6) is 11.5 Å². The number of carbonyl (C=O) groups excluding carboxylic acids is 14. The second kappa shape index (κ2) is 98.9. The first-order valence-corrected chi connectivity index (χ1v) is 46.4. The summed E-state index contributed by atoms with van der Waals surface area (Å²) in [6.07, 6.45) is 27.5. The number of ether oxygens (including phenoxy) is 17. The third-order valence-electron chi connectivity index (χ3n) is 16.6. The van der Waals surface area contributed by atoms with Gasteiger partial charge in [-0.05, 0) is 185 Å². The number of hydrogen-bond donors (Lipinski definition) is 0. The fraction of sp³-hybridized carbons (Fsp3) is 0.789. The molecule has 0 bridgehead atoms. The molecule has 2 rings (SSSR count). The molecule has 0 N–H and O–H groups in total. The van der Waals surface area contributed by atoms with Crippen molar-refractivity contribution in [1.29, 1.82) is 0 Å². The van der Waals surface area contributed by atoms with Gasteiger partial charge in [0.25, 0.3) is 0 Å². The Bertz CT molecular complexity index is 2700. The Hall–Kier alpha value is -8.32. The molecule has 1 fully saturated rings. The van der Waals surface area contributed by atoms with E-state index >= 15 is 0 Å². The minimum Gasteiger partial charge on any atom is -0.466 e. The molecule has 0 spiro atoms. The Labute approximate surface area is 755 Å². The third kappa shape index (κ3) is 97.9. The van der Waals surface area contributed by atoms with E-state index in [1.165, 1.54) is 0 Å². The average Bonchev–Trinajstić information content (AvgIpc) is 0.900. The standard InChI is InChI=1S/C16H28O4.C14H26O6.C14H18O4.C14H26O4.C12H22O5.2C12H22O4.CH4/c1-3-5-15(17)19-11-13-7-9-14(10-8-13)12-20-16(18)6-4-2;1-3-5-13(15)19-11-9-17-7-8-18-10-12-20-14(16)6-4-2;1-3-6-13(15)17-11-8-5-9-12(10-11)18-14(16)7-4-2;1-3-9-13(15)17-11-7-5-6-8-12-18-14(16)10-4-2;1-3-5-11(13)16-9-7-15-8-10-17-12(14)6-4-2;1-4-6-11(13)15-9-8-10(3)16-12(14)7-5-2;1-3-7-11(13)15-9-5-6-10-16-12(14)8-4-2;/h13-14H,3-12H2,1-2H3;3-12H2,1-2H3;5,8-10H,3-4,6-7H2,1-2H3;3-12H2,1-2H3;3-10H2,1-2H3;10H,4-9H2,1-3H3;3-10H2,1-2H3;1H4. The molecule has 1 aromatic carbocycles. The van der Waals surface area contributed by atoms with Crippen molar-refractivity contribution < 1.29 is 148 Å². The number of esters is 14. The van der Waals surface area contributed by atoms with Crippen LogP contribution in [0.4, 0.5) is 0 Å². The molecule has 1 aliphatic rings. The molecule has 734 valence electrons. The molecule has 1 atom stereocenters. The highest BCUT2D eigenvalue weighted by molar-refractivity contribution is 5.75. The molecule has 31 nitrogen and oxygen atoms in total. The Balaban J connectivity index is -0.000000333. The largest absolute Gasteiger partial charge is 0.466 e. The van der Waals surface area contributed by atoms with E-state index < -0.39 is 0 Å². The predicted octanol–water partition coefficient (Wildman–Crippen LogP) is 18.7. The van der Waals surface area contributed by atoms with Crippen LogP contribution in [0.15, 0.2) is 24.3 Å². The summed E-state index contributed by atoms with van der Waals surface area (Å²) in [5, 5.41) is 0. The monoisotopic (exact) mass is 1810 g/mol. The Morgan fingerprint density at radius 1 is 0.254 bits per heavy atom. The molecule has 0 heterocycles. The van der Waals surface area contributed by atoms with Crippen LogP contribution >= 0.6 is 0 Å². The fourth-order valence-electron chi connectivity index (χ4n) is 10.1. The first-order chi connectivity index (χ1) is 60.2. The van der Waals surface area contributed by atoms with Crippen LogP contribution in [0.1, 0.15) is 362 Å². The zero-order valence-corrected chi connectivity index (χ0v) is 79.3. The van der Waals surface area contributed by atoms with E-state index in [1.54, 1.807) is 31.2 Å². The second-order valence-corrected chi connectivity index (χ2v) is 29.2. The summed E-state index contributed by atoms with van der Waals surface area (Å²) in [7, 11) is 0. The van der Waals surface area contributed by atoms with Gasteiger partial charge in [0.1, 0.15) is 44.0 Å². The van der Waals surface area contributed by atoms with E-state index in [1.807, 2.05) is 96.9 Å². The molecule has 1 aromatic rings. The number of hydrogen-bond acceptors (Lipinski definition) is 31. The van der Waals surface area contributed by atoms with E-state index in [0.717, 1.165) is 154 Å². The van der Waals surface area contributed by atoms with Gasteiger partial charge >= 0.3 is 83.6 Å². The summed E-state index contributed by atoms with van der Waals surface area (Å²) < 4.78 is 85.9. The van der Waals surface area contributed by atoms with Gasteiger partial charge < -0.3 is 80.5 Å². The van der Waals surface area contributed by atoms with Gasteiger partial charge in [0.05, 0.1) is 85.9 Å². The summed E-state index contributed by atoms with van der Waals surface area (Å²) in [4.78, 5) is 155. The van der Waals surface area contributed by atoms with Gasteiger partial charge in [-0.25, -0.2) is 0 Å². The number of benzene rings is 1. The maximum Gasteiger partial charge on any atom is 0.311 e. The highest BCUT2D eigenvalue weighted by atomic mass is 16.6. The van der Waals surface area contributed by atoms with Gasteiger partial charge in [0, 0.05) is 102 Å². The molecular formula is C95H168O31. The van der Waals surface area contributed by atoms with Crippen LogP contribution < -0.4 is 9.47 Å². The SMILES string of the molecule is C.CCCC(=O)OCC1CCC(COC(=O)CCC)CC1.CCCC(=O)OCCC(C)OC(=O)CCC.CCCC(=O)OCCCCCCOC(=O)CCC.CCCC(=O)OCCCCOC(=O)CCC.CCCC(=O)OCCOCCOC(=O)CCC.CCCC(=O)OCCOCCOCCOC(=O)CCC.CCCC(=O)Oc1cccc(OC(=O)CCC)c1. The van der Waals surface area contributed by atoms with Crippen molar-refractivity contribution in [3.8, 4) is 11.5 Å². The van der Waals surface area contributed by atoms with Crippen LogP contribution in [0.3, 0.4) is 0 Å². The van der Waals surface area contributed by atoms with E-state index in [4.69, 9.17) is 80.5 Å². The highest BCUT2D eigenvalue weighted by Crippen LogP contribution is 2.30. The van der Waals surface area contributed by atoms with E-state index in [9.17, 15) is 67.1 Å². The lowest BCUT2D eigenvalue weighted by Crippen LogP contribution is -2.23. The summed E-state index contributed by atoms with van der Waals surface area (Å²) in [6, 6.07) is 6.54. The first kappa shape index (κ1) is 128. The van der Waals surface area contributed by atoms with E-state index in [2.05, 4.69) is 0 Å². The minimum absolute atomic E-state index is 0. The van der Waals surface area contributed by atoms with Gasteiger partial charge in [-0.2, -0.15) is 0 Å². The summed E-state index contributed by atoms with van der Waals surface area (Å²) in [5.41, 5.74) is 0. The smallest absolute Gasteiger partial charge is 0.311 e. The normalized spacial score (nSPS) is 12.2. The average molecular weight is 1810 g/mol. The number of rotatable bonds is 65. The molecule has 126 heavy (non-hydrogen) atoms. The van der Waals surface area contributed by atoms with Crippen LogP contribution in [0.2, 0.25) is 0 Å². The van der Waals surface area contributed by atoms with Crippen molar-refractivity contribution in [2.24, 2.45) is 11.8 Å². The topological polar surface area (TPSA) is 396 Å². The van der Waals surface area contributed by atoms with Crippen molar-refractivity contribution in [1.82, 2.24) is 0 Å². The molecule has 0 aliphatic heterocycles. The van der Waals surface area contributed by atoms with Crippen LogP contribution in [-0.4, -0.2) is 202 Å². The van der Waals surface area contributed by atoms with E-state index in [-0.39, 0.29) is 124 Å². The molecule has 1 saturated carbocycles. The second-order valence-electron chi connectivity index (χ2n) is 29.2. The predicted molar refractivity (Wildman–Crippen MR) is 479 cm³/mol. The van der Waals surface area contributed by atoms with Crippen molar-refractivity contribution in [3.05, 3.63) is 24.3 Å². The zero-order valence-electron chi connectivity index (χ0n) is 79.3. The van der Waals surface area contributed by atoms with Gasteiger partial charge in [-0.15, -0.1) is 0 Å². The summed E-state index contributed by atoms with van der Waals surface area (Å²) in [5.74, 6) is -0.631. The van der Waals surface area contributed by atoms with E-state index in [0.29, 0.717) is 206 Å². The molecule has 0 aromatic heterocycles. The van der Waals surface area contributed by atoms with Gasteiger partial charge in [0.15, 0.2) is 0 Å². The lowest BCUT2D eigenvalue weighted by atomic mass is 9.83. The van der Waals surface area contributed by atoms with Crippen molar-refractivity contribution >= 4 is 83.6 Å². The summed E-state index contributed by atoms with van der Waals surface area (Å²) >= 11 is 0. The number of carbonyl (C=O) groups is 14. The third-order valence-corrected chi connectivity index (χ3v) is 16.6. The van der Waals surface area contributed by atoms with Crippen LogP contribution in [0.25, 0.3) is 0 Å². The molecule has 0 radical (unpaired) electrons. The molecule has 31 heteroatoms. The summed E-state index contributed by atoms with van der Waals surface area (Å²) in [6.45, 7) is 35.5. The van der Waals surface area contributed by atoms with Gasteiger partial charge in [-0.3, -0.25) is 67.1 Å². The first-order valence-electron chi connectivity index (χ1n) is 46.4. The molecule has 1 unspecified atom stereocenters.